The van der Waals surface area contributed by atoms with E-state index >= 15 is 0 Å². The fourth-order valence-electron chi connectivity index (χ4n) is 0.667. The van der Waals surface area contributed by atoms with Gasteiger partial charge in [0, 0.05) is 0 Å². The van der Waals surface area contributed by atoms with Crippen molar-refractivity contribution in [3.8, 4) is 0 Å². The maximum Gasteiger partial charge on any atom is -0.0471 e. The van der Waals surface area contributed by atoms with E-state index in [0.29, 0.717) is 0 Å². The van der Waals surface area contributed by atoms with Crippen LogP contribution in [-0.2, 0) is 0 Å². The van der Waals surface area contributed by atoms with E-state index in [1.54, 1.807) is 0 Å². The van der Waals surface area contributed by atoms with Crippen molar-refractivity contribution in [3.63, 3.8) is 0 Å². The Hall–Kier alpha value is 0. The summed E-state index contributed by atoms with van der Waals surface area (Å²) < 4.78 is 0. The van der Waals surface area contributed by atoms with Crippen LogP contribution in [0.15, 0.2) is 0 Å². The van der Waals surface area contributed by atoms with Crippen LogP contribution < -0.4 is 0 Å². The summed E-state index contributed by atoms with van der Waals surface area (Å²) in [5, 5.41) is 0. The molecule has 0 atom stereocenters. The van der Waals surface area contributed by atoms with Gasteiger partial charge in [-0.2, -0.15) is 0 Å². The average molecular weight is 146 g/mol. The van der Waals surface area contributed by atoms with Crippen LogP contribution in [0, 0.1) is 11.8 Å². The van der Waals surface area contributed by atoms with Gasteiger partial charge in [0.05, 0.1) is 0 Å². The molecule has 0 fully saturated rings. The molecule has 10 heavy (non-hydrogen) atoms. The van der Waals surface area contributed by atoms with Crippen molar-refractivity contribution in [1.82, 2.24) is 0 Å². The third-order valence-electron chi connectivity index (χ3n) is 1.32. The molecule has 0 aliphatic carbocycles. The van der Waals surface area contributed by atoms with Gasteiger partial charge in [0.25, 0.3) is 0 Å². The summed E-state index contributed by atoms with van der Waals surface area (Å²) in [4.78, 5) is 0. The van der Waals surface area contributed by atoms with E-state index in [-0.39, 0.29) is 14.9 Å². The van der Waals surface area contributed by atoms with Gasteiger partial charge in [-0.3, -0.25) is 0 Å². The molecule has 0 N–H and O–H groups in total. The molecule has 0 nitrogen and oxygen atoms in total. The SMILES string of the molecule is C.C.CC(C)CCC(C)C. The molecule has 0 rings (SSSR count). The Labute approximate surface area is 68.0 Å². The summed E-state index contributed by atoms with van der Waals surface area (Å²) in [7, 11) is 0. The van der Waals surface area contributed by atoms with E-state index in [4.69, 9.17) is 0 Å². The van der Waals surface area contributed by atoms with Crippen molar-refractivity contribution in [1.29, 1.82) is 0 Å². The van der Waals surface area contributed by atoms with Crippen LogP contribution in [0.4, 0.5) is 0 Å². The first kappa shape index (κ1) is 16.5. The van der Waals surface area contributed by atoms with Gasteiger partial charge < -0.3 is 0 Å². The zero-order valence-corrected chi connectivity index (χ0v) is 6.57. The monoisotopic (exact) mass is 146 g/mol. The summed E-state index contributed by atoms with van der Waals surface area (Å²) in [6.45, 7) is 9.12. The topological polar surface area (TPSA) is 0 Å². The normalized spacial score (nSPS) is 9.00. The van der Waals surface area contributed by atoms with Crippen LogP contribution >= 0.6 is 0 Å². The van der Waals surface area contributed by atoms with Crippen LogP contribution in [0.5, 0.6) is 0 Å². The zero-order valence-electron chi connectivity index (χ0n) is 6.57. The van der Waals surface area contributed by atoms with Crippen LogP contribution in [0.25, 0.3) is 0 Å². The first-order chi connectivity index (χ1) is 3.63. The number of hydrogen-bond donors (Lipinski definition) is 0. The van der Waals surface area contributed by atoms with E-state index in [0.717, 1.165) is 11.8 Å². The molecule has 0 heterocycles. The third-order valence-corrected chi connectivity index (χ3v) is 1.32. The maximum absolute atomic E-state index is 2.28. The second-order valence-corrected chi connectivity index (χ2v) is 3.37. The lowest BCUT2D eigenvalue weighted by atomic mass is 10.0. The van der Waals surface area contributed by atoms with E-state index in [1.807, 2.05) is 0 Å². The van der Waals surface area contributed by atoms with Gasteiger partial charge >= 0.3 is 0 Å². The molecular formula is C10H26. The number of hydrogen-bond acceptors (Lipinski definition) is 0. The molecule has 0 aromatic rings. The lowest BCUT2D eigenvalue weighted by molar-refractivity contribution is 0.476. The Balaban J connectivity index is -0.000000245. The van der Waals surface area contributed by atoms with Gasteiger partial charge in [-0.25, -0.2) is 0 Å². The molecule has 0 radical (unpaired) electrons. The highest BCUT2D eigenvalue weighted by Gasteiger charge is 1.95. The molecule has 0 amide bonds. The first-order valence-corrected chi connectivity index (χ1v) is 3.63. The number of rotatable bonds is 3. The summed E-state index contributed by atoms with van der Waals surface area (Å²) in [5.74, 6) is 1.77. The molecule has 0 saturated heterocycles. The van der Waals surface area contributed by atoms with Crippen molar-refractivity contribution in [3.05, 3.63) is 0 Å². The van der Waals surface area contributed by atoms with Crippen LogP contribution in [0.1, 0.15) is 55.4 Å². The minimum atomic E-state index is 0. The lowest BCUT2D eigenvalue weighted by Crippen LogP contribution is -1.91. The Morgan fingerprint density at radius 3 is 1.00 bits per heavy atom. The maximum atomic E-state index is 2.28. The predicted octanol–water partition coefficient (Wildman–Crippen LogP) is 4.35. The second-order valence-electron chi connectivity index (χ2n) is 3.37. The van der Waals surface area contributed by atoms with Crippen molar-refractivity contribution < 1.29 is 0 Å². The molecule has 0 bridgehead atoms. The van der Waals surface area contributed by atoms with E-state index in [9.17, 15) is 0 Å². The molecule has 0 aliphatic rings. The standard InChI is InChI=1S/C8H18.2CH4/c1-7(2)5-6-8(3)4;;/h7-8H,5-6H2,1-4H3;2*1H4. The highest BCUT2D eigenvalue weighted by Crippen LogP contribution is 2.09. The lowest BCUT2D eigenvalue weighted by Gasteiger charge is -2.05. The highest BCUT2D eigenvalue weighted by atomic mass is 14.0. The van der Waals surface area contributed by atoms with Gasteiger partial charge in [0.1, 0.15) is 0 Å². The van der Waals surface area contributed by atoms with Crippen LogP contribution in [0.3, 0.4) is 0 Å². The molecule has 66 valence electrons. The Kier molecular flexibility index (Phi) is 14.9. The molecule has 0 spiro atoms. The molecule has 0 heteroatoms. The van der Waals surface area contributed by atoms with Crippen LogP contribution in [-0.4, -0.2) is 0 Å². The summed E-state index contributed by atoms with van der Waals surface area (Å²) in [5.41, 5.74) is 0. The quantitative estimate of drug-likeness (QED) is 0.555. The Morgan fingerprint density at radius 1 is 0.700 bits per heavy atom. The van der Waals surface area contributed by atoms with Crippen molar-refractivity contribution in [2.45, 2.75) is 55.4 Å². The van der Waals surface area contributed by atoms with Crippen molar-refractivity contribution in [2.24, 2.45) is 11.8 Å². The third kappa shape index (κ3) is 15.7. The largest absolute Gasteiger partial charge is 0.0776 e. The van der Waals surface area contributed by atoms with E-state index in [2.05, 4.69) is 27.7 Å². The Morgan fingerprint density at radius 2 is 0.900 bits per heavy atom. The molecule has 0 aromatic carbocycles. The molecule has 0 unspecified atom stereocenters. The van der Waals surface area contributed by atoms with Gasteiger partial charge in [0.2, 0.25) is 0 Å². The minimum Gasteiger partial charge on any atom is -0.0776 e. The van der Waals surface area contributed by atoms with Crippen LogP contribution in [0.2, 0.25) is 0 Å². The van der Waals surface area contributed by atoms with E-state index < -0.39 is 0 Å². The van der Waals surface area contributed by atoms with Gasteiger partial charge in [-0.15, -0.1) is 0 Å². The smallest absolute Gasteiger partial charge is 0.0471 e. The predicted molar refractivity (Wildman–Crippen MR) is 52.4 cm³/mol. The minimum absolute atomic E-state index is 0. The zero-order chi connectivity index (χ0) is 6.57. The second kappa shape index (κ2) is 9.00. The molecular weight excluding hydrogens is 120 g/mol. The molecule has 0 aromatic heterocycles. The van der Waals surface area contributed by atoms with Gasteiger partial charge in [-0.05, 0) is 11.8 Å². The highest BCUT2D eigenvalue weighted by molar-refractivity contribution is 4.48. The molecule has 0 saturated carbocycles. The van der Waals surface area contributed by atoms with Crippen molar-refractivity contribution >= 4 is 0 Å². The first-order valence-electron chi connectivity index (χ1n) is 3.63. The van der Waals surface area contributed by atoms with Crippen molar-refractivity contribution in [2.75, 3.05) is 0 Å². The average Bonchev–Trinajstić information content (AvgIpc) is 1.61. The van der Waals surface area contributed by atoms with Gasteiger partial charge in [0.15, 0.2) is 0 Å². The summed E-state index contributed by atoms with van der Waals surface area (Å²) in [6, 6.07) is 0. The van der Waals surface area contributed by atoms with E-state index in [1.165, 1.54) is 12.8 Å². The molecule has 0 aliphatic heterocycles. The Bertz CT molecular complexity index is 36.0. The van der Waals surface area contributed by atoms with Gasteiger partial charge in [-0.1, -0.05) is 55.4 Å². The summed E-state index contributed by atoms with van der Waals surface area (Å²) in [6.07, 6.45) is 2.77. The fourth-order valence-corrected chi connectivity index (χ4v) is 0.667. The summed E-state index contributed by atoms with van der Waals surface area (Å²) >= 11 is 0. The fraction of sp³-hybridized carbons (Fsp3) is 1.00.